The Hall–Kier alpha value is -6.26. The van der Waals surface area contributed by atoms with Crippen molar-refractivity contribution in [2.24, 2.45) is 0 Å². The Morgan fingerprint density at radius 1 is 0.575 bits per heavy atom. The first-order valence-electron chi connectivity index (χ1n) is 29.2. The van der Waals surface area contributed by atoms with Crippen LogP contribution in [0.1, 0.15) is 194 Å². The number of fused-ring (bicyclic) bond motifs is 1. The fourth-order valence-corrected chi connectivity index (χ4v) is 10.5. The Balaban J connectivity index is 1.46. The van der Waals surface area contributed by atoms with Crippen molar-refractivity contribution in [3.05, 3.63) is 166 Å². The third-order valence-corrected chi connectivity index (χ3v) is 16.4. The zero-order valence-electron chi connectivity index (χ0n) is 51.7. The highest BCUT2D eigenvalue weighted by molar-refractivity contribution is 5.97. The minimum Gasteiger partial charge on any atom is -0.507 e. The van der Waals surface area contributed by atoms with Gasteiger partial charge >= 0.3 is 0 Å². The SMILES string of the molecule is [2H]C([2H])([2H])c1cc(-c2c(C(C)(CC)CC)cccc2C(C)(CC)CC)ccc1-n1c(-c2cc(C([2H])(C)C)cc(C([2H])(C)C)c2O)nc2c(-c3cc(-c4cc(-c5ccc(C(C)(C)C)cc5)ccn4)cc(C(C)(C)C)c3)cccc21. The number of aryl methyl sites for hydroxylation is 1. The lowest BCUT2D eigenvalue weighted by atomic mass is 9.68. The molecule has 0 amide bonds. The largest absolute Gasteiger partial charge is 0.507 e. The van der Waals surface area contributed by atoms with Gasteiger partial charge in [0.2, 0.25) is 0 Å². The van der Waals surface area contributed by atoms with E-state index in [2.05, 4.69) is 168 Å². The lowest BCUT2D eigenvalue weighted by Crippen LogP contribution is -2.25. The standard InChI is InChI=1S/C69H83N3O/c1-18-68(16,19-2)57-25-23-26-58(69(17,20-3)21-4)62(57)48-30-33-60(45(9)36-48)72-61-27-22-24-54(63(61)71-65(72)56-41-49(43(5)6)40-55(44(7)8)64(56)73)50-37-51(39-53(38-50)67(13,14)15)59-42-47(34-35-70-59)46-28-31-52(32-29-46)66(10,11)12/h22-44,73H,18-21H2,1-17H3/i9D3,43D,44D. The smallest absolute Gasteiger partial charge is 0.149 e. The molecule has 4 nitrogen and oxygen atoms in total. The van der Waals surface area contributed by atoms with Crippen molar-refractivity contribution >= 4 is 11.0 Å². The topological polar surface area (TPSA) is 50.9 Å². The number of phenolic OH excluding ortho intramolecular Hbond substituents is 1. The molecular weight excluding hydrogens is 887 g/mol. The van der Waals surface area contributed by atoms with Gasteiger partial charge in [-0.05, 0) is 181 Å². The molecule has 0 aliphatic carbocycles. The van der Waals surface area contributed by atoms with Gasteiger partial charge in [0, 0.05) is 24.2 Å². The van der Waals surface area contributed by atoms with E-state index < -0.39 is 18.6 Å². The number of aromatic hydroxyl groups is 1. The third-order valence-electron chi connectivity index (χ3n) is 16.4. The van der Waals surface area contributed by atoms with Crippen LogP contribution < -0.4 is 0 Å². The molecule has 0 aliphatic heterocycles. The molecule has 0 aliphatic rings. The summed E-state index contributed by atoms with van der Waals surface area (Å²) in [6, 6.07) is 41.7. The monoisotopic (exact) mass is 975 g/mol. The predicted molar refractivity (Wildman–Crippen MR) is 314 cm³/mol. The zero-order valence-corrected chi connectivity index (χ0v) is 46.7. The Morgan fingerprint density at radius 3 is 1.75 bits per heavy atom. The molecule has 0 saturated heterocycles. The molecule has 0 saturated carbocycles. The van der Waals surface area contributed by atoms with Gasteiger partial charge in [-0.3, -0.25) is 9.55 Å². The van der Waals surface area contributed by atoms with Crippen LogP contribution in [0.5, 0.6) is 5.75 Å². The average molecular weight is 975 g/mol. The predicted octanol–water partition coefficient (Wildman–Crippen LogP) is 19.8. The normalized spacial score (nSPS) is 14.2. The van der Waals surface area contributed by atoms with Gasteiger partial charge in [0.05, 0.1) is 28.0 Å². The van der Waals surface area contributed by atoms with Crippen LogP contribution in [0, 0.1) is 6.85 Å². The first-order valence-corrected chi connectivity index (χ1v) is 26.7. The Labute approximate surface area is 446 Å². The Bertz CT molecular complexity index is 3470. The highest BCUT2D eigenvalue weighted by atomic mass is 16.3. The molecule has 0 atom stereocenters. The van der Waals surface area contributed by atoms with E-state index in [1.165, 1.54) is 16.7 Å². The molecule has 0 unspecified atom stereocenters. The van der Waals surface area contributed by atoms with E-state index >= 15 is 0 Å². The van der Waals surface area contributed by atoms with Gasteiger partial charge in [0.1, 0.15) is 11.6 Å². The van der Waals surface area contributed by atoms with E-state index in [0.29, 0.717) is 39.2 Å². The van der Waals surface area contributed by atoms with Crippen molar-refractivity contribution in [1.82, 2.24) is 14.5 Å². The highest BCUT2D eigenvalue weighted by Gasteiger charge is 2.33. The maximum Gasteiger partial charge on any atom is 0.149 e. The first-order chi connectivity index (χ1) is 36.3. The van der Waals surface area contributed by atoms with Gasteiger partial charge in [-0.2, -0.15) is 0 Å². The number of pyridine rings is 1. The molecule has 8 aromatic rings. The molecule has 0 bridgehead atoms. The van der Waals surface area contributed by atoms with Crippen molar-refractivity contribution in [3.8, 4) is 67.5 Å². The number of para-hydroxylation sites is 1. The summed E-state index contributed by atoms with van der Waals surface area (Å²) >= 11 is 0. The third kappa shape index (κ3) is 10.1. The molecule has 0 fully saturated rings. The van der Waals surface area contributed by atoms with Crippen LogP contribution in [-0.2, 0) is 21.7 Å². The van der Waals surface area contributed by atoms with Crippen LogP contribution in [-0.4, -0.2) is 19.6 Å². The fraction of sp³-hybridized carbons (Fsp3) is 0.391. The van der Waals surface area contributed by atoms with Crippen molar-refractivity contribution in [2.75, 3.05) is 0 Å². The van der Waals surface area contributed by atoms with Crippen molar-refractivity contribution in [1.29, 1.82) is 0 Å². The molecule has 4 heteroatoms. The Kier molecular flexibility index (Phi) is 12.9. The van der Waals surface area contributed by atoms with Crippen molar-refractivity contribution in [3.63, 3.8) is 0 Å². The number of hydrogen-bond acceptors (Lipinski definition) is 3. The van der Waals surface area contributed by atoms with Crippen LogP contribution in [0.4, 0.5) is 0 Å². The zero-order chi connectivity index (χ0) is 57.3. The fourth-order valence-electron chi connectivity index (χ4n) is 10.5. The molecule has 2 heterocycles. The molecule has 6 aromatic carbocycles. The number of benzene rings is 6. The molecule has 1 N–H and O–H groups in total. The quantitative estimate of drug-likeness (QED) is 0.118. The van der Waals surface area contributed by atoms with Gasteiger partial charge in [0.15, 0.2) is 0 Å². The molecule has 0 spiro atoms. The summed E-state index contributed by atoms with van der Waals surface area (Å²) in [6.45, 7) is 31.3. The summed E-state index contributed by atoms with van der Waals surface area (Å²) in [5.74, 6) is -2.22. The second-order valence-corrected chi connectivity index (χ2v) is 23.7. The van der Waals surface area contributed by atoms with Crippen molar-refractivity contribution < 1.29 is 12.0 Å². The highest BCUT2D eigenvalue weighted by Crippen LogP contribution is 2.48. The van der Waals surface area contributed by atoms with Gasteiger partial charge in [-0.15, -0.1) is 0 Å². The summed E-state index contributed by atoms with van der Waals surface area (Å²) in [6.07, 6.45) is 5.52. The van der Waals surface area contributed by atoms with Crippen LogP contribution in [0.3, 0.4) is 0 Å². The number of phenols is 1. The van der Waals surface area contributed by atoms with E-state index in [-0.39, 0.29) is 33.0 Å². The van der Waals surface area contributed by atoms with Crippen LogP contribution in [0.15, 0.2) is 128 Å². The number of aromatic nitrogens is 3. The van der Waals surface area contributed by atoms with E-state index in [4.69, 9.17) is 9.97 Å². The van der Waals surface area contributed by atoms with E-state index in [9.17, 15) is 12.0 Å². The summed E-state index contributed by atoms with van der Waals surface area (Å²) in [5, 5.41) is 12.6. The van der Waals surface area contributed by atoms with Gasteiger partial charge in [-0.1, -0.05) is 184 Å². The Morgan fingerprint density at radius 2 is 1.18 bits per heavy atom. The van der Waals surface area contributed by atoms with E-state index in [0.717, 1.165) is 75.9 Å². The van der Waals surface area contributed by atoms with E-state index in [1.54, 1.807) is 39.8 Å². The molecule has 8 rings (SSSR count). The van der Waals surface area contributed by atoms with Gasteiger partial charge < -0.3 is 5.11 Å². The molecule has 73 heavy (non-hydrogen) atoms. The molecule has 0 radical (unpaired) electrons. The minimum atomic E-state index is -2.60. The summed E-state index contributed by atoms with van der Waals surface area (Å²) in [5.41, 5.74) is 14.8. The average Bonchev–Trinajstić information content (AvgIpc) is 3.78. The molecule has 2 aromatic heterocycles. The van der Waals surface area contributed by atoms with Crippen molar-refractivity contribution in [2.45, 2.75) is 177 Å². The molecule has 380 valence electrons. The van der Waals surface area contributed by atoms with Crippen LogP contribution >= 0.6 is 0 Å². The van der Waals surface area contributed by atoms with Crippen LogP contribution in [0.2, 0.25) is 0 Å². The number of imidazole rings is 1. The summed E-state index contributed by atoms with van der Waals surface area (Å²) in [4.78, 5) is 10.5. The number of rotatable bonds is 14. The lowest BCUT2D eigenvalue weighted by molar-refractivity contribution is 0.426. The van der Waals surface area contributed by atoms with Gasteiger partial charge in [0.25, 0.3) is 0 Å². The summed E-state index contributed by atoms with van der Waals surface area (Å²) < 4.78 is 48.6. The second kappa shape index (κ2) is 20.2. The summed E-state index contributed by atoms with van der Waals surface area (Å²) in [7, 11) is 0. The second-order valence-electron chi connectivity index (χ2n) is 23.7. The lowest BCUT2D eigenvalue weighted by Gasteiger charge is -2.36. The maximum atomic E-state index is 12.6. The number of nitrogens with zero attached hydrogens (tertiary/aromatic N) is 3. The van der Waals surface area contributed by atoms with Crippen LogP contribution in [0.25, 0.3) is 72.7 Å². The minimum absolute atomic E-state index is 0.0343. The maximum absolute atomic E-state index is 12.6. The first kappa shape index (κ1) is 46.5. The van der Waals surface area contributed by atoms with Gasteiger partial charge in [-0.25, -0.2) is 4.98 Å². The number of hydrogen-bond donors (Lipinski definition) is 1. The molecular formula is C69H83N3O. The van der Waals surface area contributed by atoms with E-state index in [1.807, 2.05) is 35.0 Å².